The minimum absolute atomic E-state index is 0.0180. The quantitative estimate of drug-likeness (QED) is 0.421. The first-order chi connectivity index (χ1) is 16.4. The summed E-state index contributed by atoms with van der Waals surface area (Å²) < 4.78 is 52.2. The van der Waals surface area contributed by atoms with Gasteiger partial charge in [-0.3, -0.25) is 0 Å². The van der Waals surface area contributed by atoms with E-state index in [-0.39, 0.29) is 44.3 Å². The van der Waals surface area contributed by atoms with Gasteiger partial charge in [0, 0.05) is 24.3 Å². The van der Waals surface area contributed by atoms with Crippen molar-refractivity contribution < 1.29 is 37.6 Å². The van der Waals surface area contributed by atoms with Gasteiger partial charge in [0.15, 0.2) is 23.0 Å². The van der Waals surface area contributed by atoms with Gasteiger partial charge < -0.3 is 29.2 Å². The molecule has 2 aromatic carbocycles. The topological polar surface area (TPSA) is 112 Å². The second kappa shape index (κ2) is 9.82. The van der Waals surface area contributed by atoms with Crippen molar-refractivity contribution in [3.8, 4) is 34.5 Å². The number of aromatic hydroxyl groups is 2. The summed E-state index contributed by atoms with van der Waals surface area (Å²) in [5, 5.41) is 21.3. The summed E-state index contributed by atoms with van der Waals surface area (Å²) in [7, 11) is -4.37. The Morgan fingerprint density at radius 1 is 0.486 bits per heavy atom. The molecule has 0 unspecified atom stereocenters. The van der Waals surface area contributed by atoms with E-state index < -0.39 is 32.2 Å². The summed E-state index contributed by atoms with van der Waals surface area (Å²) in [5.41, 5.74) is -2.97. The molecule has 2 aromatic rings. The lowest BCUT2D eigenvalue weighted by Crippen LogP contribution is -2.26. The van der Waals surface area contributed by atoms with Gasteiger partial charge in [0.2, 0.25) is 9.84 Å². The average molecular weight is 539 g/mol. The van der Waals surface area contributed by atoms with Gasteiger partial charge in [0.05, 0.1) is 0 Å². The molecule has 0 spiro atoms. The number of sulfone groups is 1. The van der Waals surface area contributed by atoms with E-state index in [4.69, 9.17) is 18.9 Å². The van der Waals surface area contributed by atoms with Crippen molar-refractivity contribution in [2.45, 2.75) is 115 Å². The highest BCUT2D eigenvalue weighted by Gasteiger charge is 2.33. The standard InChI is InChI=1S/C28H42O8S/c1-25(2,3)33-19-15-23(21(13-17(19)29)35-27(7,8)9)37(31,32)24-16-20(34-26(4,5)6)18(30)14-22(24)36-28(10,11)12/h13-16,29-30H,1-12H3. The SMILES string of the molecule is CC(C)(C)Oc1cc(S(=O)(=O)c2cc(OC(C)(C)C)c(O)cc2OC(C)(C)C)c(OC(C)(C)C)cc1O. The molecule has 208 valence electrons. The van der Waals surface area contributed by atoms with E-state index in [0.29, 0.717) is 0 Å². The van der Waals surface area contributed by atoms with Crippen molar-refractivity contribution >= 4 is 9.84 Å². The molecule has 2 rings (SSSR count). The molecule has 0 aliphatic carbocycles. The Morgan fingerprint density at radius 2 is 0.730 bits per heavy atom. The smallest absolute Gasteiger partial charge is 0.214 e. The fourth-order valence-electron chi connectivity index (χ4n) is 3.24. The minimum atomic E-state index is -4.37. The molecular formula is C28H42O8S. The molecule has 0 aliphatic rings. The van der Waals surface area contributed by atoms with E-state index in [9.17, 15) is 18.6 Å². The predicted molar refractivity (Wildman–Crippen MR) is 143 cm³/mol. The van der Waals surface area contributed by atoms with Crippen LogP contribution in [0, 0.1) is 0 Å². The minimum Gasteiger partial charge on any atom is -0.504 e. The Kier molecular flexibility index (Phi) is 8.07. The van der Waals surface area contributed by atoms with Crippen molar-refractivity contribution in [3.05, 3.63) is 24.3 Å². The van der Waals surface area contributed by atoms with Crippen LogP contribution in [-0.2, 0) is 9.84 Å². The second-order valence-corrected chi connectivity index (χ2v) is 14.8. The summed E-state index contributed by atoms with van der Waals surface area (Å²) >= 11 is 0. The van der Waals surface area contributed by atoms with Gasteiger partial charge in [-0.15, -0.1) is 0 Å². The molecule has 0 bridgehead atoms. The van der Waals surface area contributed by atoms with E-state index in [0.717, 1.165) is 0 Å². The van der Waals surface area contributed by atoms with Crippen LogP contribution >= 0.6 is 0 Å². The third-order valence-electron chi connectivity index (χ3n) is 4.29. The Labute approximate surface area is 221 Å². The number of ether oxygens (including phenoxy) is 4. The van der Waals surface area contributed by atoms with Crippen LogP contribution in [0.4, 0.5) is 0 Å². The molecule has 0 saturated heterocycles. The maximum atomic E-state index is 14.3. The molecule has 9 heteroatoms. The lowest BCUT2D eigenvalue weighted by atomic mass is 10.1. The highest BCUT2D eigenvalue weighted by molar-refractivity contribution is 7.91. The first-order valence-corrected chi connectivity index (χ1v) is 13.6. The van der Waals surface area contributed by atoms with Crippen LogP contribution in [0.2, 0.25) is 0 Å². The van der Waals surface area contributed by atoms with E-state index in [1.165, 1.54) is 24.3 Å². The highest BCUT2D eigenvalue weighted by atomic mass is 32.2. The van der Waals surface area contributed by atoms with Gasteiger partial charge in [0.25, 0.3) is 0 Å². The van der Waals surface area contributed by atoms with Crippen LogP contribution in [0.5, 0.6) is 34.5 Å². The molecule has 0 aliphatic heterocycles. The molecule has 0 atom stereocenters. The third kappa shape index (κ3) is 8.62. The van der Waals surface area contributed by atoms with Gasteiger partial charge >= 0.3 is 0 Å². The van der Waals surface area contributed by atoms with Crippen LogP contribution in [0.1, 0.15) is 83.1 Å². The van der Waals surface area contributed by atoms with Crippen molar-refractivity contribution in [2.24, 2.45) is 0 Å². The predicted octanol–water partition coefficient (Wildman–Crippen LogP) is 6.64. The first-order valence-electron chi connectivity index (χ1n) is 12.1. The van der Waals surface area contributed by atoms with Crippen molar-refractivity contribution in [1.29, 1.82) is 0 Å². The third-order valence-corrected chi connectivity index (χ3v) is 6.09. The normalized spacial score (nSPS) is 13.3. The van der Waals surface area contributed by atoms with Crippen LogP contribution < -0.4 is 18.9 Å². The van der Waals surface area contributed by atoms with Gasteiger partial charge in [-0.05, 0) is 83.1 Å². The van der Waals surface area contributed by atoms with Crippen LogP contribution in [0.3, 0.4) is 0 Å². The summed E-state index contributed by atoms with van der Waals surface area (Å²) in [5.74, 6) is -0.673. The van der Waals surface area contributed by atoms with Gasteiger partial charge in [-0.1, -0.05) is 0 Å². The maximum absolute atomic E-state index is 14.3. The lowest BCUT2D eigenvalue weighted by molar-refractivity contribution is 0.116. The number of hydrogen-bond donors (Lipinski definition) is 2. The van der Waals surface area contributed by atoms with Crippen LogP contribution in [0.25, 0.3) is 0 Å². The molecule has 0 radical (unpaired) electrons. The number of hydrogen-bond acceptors (Lipinski definition) is 8. The van der Waals surface area contributed by atoms with E-state index in [2.05, 4.69) is 0 Å². The molecule has 0 amide bonds. The number of phenols is 2. The number of benzene rings is 2. The Morgan fingerprint density at radius 3 is 0.973 bits per heavy atom. The van der Waals surface area contributed by atoms with Crippen molar-refractivity contribution in [3.63, 3.8) is 0 Å². The lowest BCUT2D eigenvalue weighted by Gasteiger charge is -2.28. The zero-order valence-corrected chi connectivity index (χ0v) is 24.9. The summed E-state index contributed by atoms with van der Waals surface area (Å²) in [6.45, 7) is 21.3. The zero-order valence-electron chi connectivity index (χ0n) is 24.1. The number of phenolic OH excluding ortho intramolecular Hbond substituents is 2. The Balaban J connectivity index is 2.92. The maximum Gasteiger partial charge on any atom is 0.214 e. The molecule has 0 heterocycles. The highest BCUT2D eigenvalue weighted by Crippen LogP contribution is 2.46. The van der Waals surface area contributed by atoms with Crippen LogP contribution in [-0.4, -0.2) is 41.0 Å². The van der Waals surface area contributed by atoms with Crippen LogP contribution in [0.15, 0.2) is 34.1 Å². The van der Waals surface area contributed by atoms with Crippen molar-refractivity contribution in [2.75, 3.05) is 0 Å². The van der Waals surface area contributed by atoms with E-state index >= 15 is 0 Å². The van der Waals surface area contributed by atoms with E-state index in [1.54, 1.807) is 83.1 Å². The molecule has 0 aromatic heterocycles. The largest absolute Gasteiger partial charge is 0.504 e. The fraction of sp³-hybridized carbons (Fsp3) is 0.571. The fourth-order valence-corrected chi connectivity index (χ4v) is 4.73. The molecule has 2 N–H and O–H groups in total. The zero-order chi connectivity index (χ0) is 28.8. The van der Waals surface area contributed by atoms with E-state index in [1.807, 2.05) is 0 Å². The summed E-state index contributed by atoms with van der Waals surface area (Å²) in [4.78, 5) is -0.462. The average Bonchev–Trinajstić information content (AvgIpc) is 2.61. The molecule has 37 heavy (non-hydrogen) atoms. The van der Waals surface area contributed by atoms with Crippen molar-refractivity contribution in [1.82, 2.24) is 0 Å². The molecule has 0 fully saturated rings. The summed E-state index contributed by atoms with van der Waals surface area (Å²) in [6.07, 6.45) is 0. The number of rotatable bonds is 6. The molecule has 0 saturated carbocycles. The van der Waals surface area contributed by atoms with Gasteiger partial charge in [0.1, 0.15) is 43.7 Å². The van der Waals surface area contributed by atoms with Gasteiger partial charge in [-0.2, -0.15) is 0 Å². The van der Waals surface area contributed by atoms with Gasteiger partial charge in [-0.25, -0.2) is 8.42 Å². The molecule has 8 nitrogen and oxygen atoms in total. The Hall–Kier alpha value is -2.81. The molecular weight excluding hydrogens is 496 g/mol. The summed E-state index contributed by atoms with van der Waals surface area (Å²) in [6, 6.07) is 4.96. The first kappa shape index (κ1) is 30.4. The monoisotopic (exact) mass is 538 g/mol. The Bertz CT molecular complexity index is 1140. The second-order valence-electron chi connectivity index (χ2n) is 12.9.